The molecular formula is C14H19N5O2S. The first-order valence-electron chi connectivity index (χ1n) is 7.02. The number of carbonyl (C=O) groups excluding carboxylic acids is 1. The highest BCUT2D eigenvalue weighted by Crippen LogP contribution is 2.17. The lowest BCUT2D eigenvalue weighted by Gasteiger charge is -2.11. The third kappa shape index (κ3) is 4.45. The summed E-state index contributed by atoms with van der Waals surface area (Å²) >= 11 is 1.43. The van der Waals surface area contributed by atoms with Crippen molar-refractivity contribution >= 4 is 23.5 Å². The molecule has 0 fully saturated rings. The van der Waals surface area contributed by atoms with E-state index < -0.39 is 5.97 Å². The van der Waals surface area contributed by atoms with Crippen LogP contribution in [-0.4, -0.2) is 44.9 Å². The van der Waals surface area contributed by atoms with Gasteiger partial charge in [0.25, 0.3) is 0 Å². The molecule has 2 aromatic heterocycles. The first-order chi connectivity index (χ1) is 10.7. The van der Waals surface area contributed by atoms with E-state index in [-0.39, 0.29) is 0 Å². The summed E-state index contributed by atoms with van der Waals surface area (Å²) in [6.45, 7) is 3.63. The quantitative estimate of drug-likeness (QED) is 0.345. The van der Waals surface area contributed by atoms with Crippen LogP contribution in [0.2, 0.25) is 0 Å². The molecule has 0 aliphatic carbocycles. The van der Waals surface area contributed by atoms with Crippen molar-refractivity contribution in [2.75, 3.05) is 24.7 Å². The number of thioether (sulfide) groups is 1. The number of hydrogen-bond acceptors (Lipinski definition) is 7. The summed E-state index contributed by atoms with van der Waals surface area (Å²) in [6.07, 6.45) is 9.73. The van der Waals surface area contributed by atoms with E-state index in [1.807, 2.05) is 17.0 Å². The van der Waals surface area contributed by atoms with Crippen LogP contribution < -0.4 is 5.32 Å². The molecule has 0 saturated heterocycles. The molecule has 2 rings (SSSR count). The maximum absolute atomic E-state index is 11.9. The van der Waals surface area contributed by atoms with Gasteiger partial charge in [-0.05, 0) is 19.6 Å². The predicted octanol–water partition coefficient (Wildman–Crippen LogP) is 2.07. The fourth-order valence-corrected chi connectivity index (χ4v) is 2.19. The lowest BCUT2D eigenvalue weighted by Crippen LogP contribution is -2.14. The van der Waals surface area contributed by atoms with Gasteiger partial charge in [-0.3, -0.25) is 0 Å². The molecule has 0 atom stereocenters. The van der Waals surface area contributed by atoms with Gasteiger partial charge >= 0.3 is 5.97 Å². The topological polar surface area (TPSA) is 81.9 Å². The molecule has 8 heteroatoms. The first kappa shape index (κ1) is 16.3. The van der Waals surface area contributed by atoms with Gasteiger partial charge in [0.05, 0.1) is 12.9 Å². The fourth-order valence-electron chi connectivity index (χ4n) is 1.84. The molecule has 2 aromatic rings. The highest BCUT2D eigenvalue weighted by molar-refractivity contribution is 7.98. The predicted molar refractivity (Wildman–Crippen MR) is 85.1 cm³/mol. The van der Waals surface area contributed by atoms with Crippen molar-refractivity contribution in [2.45, 2.75) is 25.0 Å². The fraction of sp³-hybridized carbons (Fsp3) is 0.429. The lowest BCUT2D eigenvalue weighted by atomic mass is 10.3. The van der Waals surface area contributed by atoms with E-state index in [0.29, 0.717) is 29.7 Å². The van der Waals surface area contributed by atoms with E-state index in [2.05, 4.69) is 20.3 Å². The third-order valence-electron chi connectivity index (χ3n) is 2.89. The molecule has 0 aliphatic heterocycles. The largest absolute Gasteiger partial charge is 0.462 e. The minimum atomic E-state index is -0.410. The number of aryl methyl sites for hydroxylation is 1. The molecule has 0 aliphatic rings. The maximum Gasteiger partial charge on any atom is 0.343 e. The number of rotatable bonds is 8. The van der Waals surface area contributed by atoms with E-state index in [0.717, 1.165) is 13.0 Å². The molecule has 0 aromatic carbocycles. The molecule has 0 spiro atoms. The Kier molecular flexibility index (Phi) is 6.20. The highest BCUT2D eigenvalue weighted by Gasteiger charge is 2.15. The van der Waals surface area contributed by atoms with Gasteiger partial charge in [-0.1, -0.05) is 11.8 Å². The SMILES string of the molecule is CCOC(=O)c1cnc(SC)nc1NCCCn1ccnc1. The van der Waals surface area contributed by atoms with E-state index in [1.165, 1.54) is 18.0 Å². The molecule has 0 amide bonds. The van der Waals surface area contributed by atoms with Crippen LogP contribution in [-0.2, 0) is 11.3 Å². The van der Waals surface area contributed by atoms with Crippen molar-refractivity contribution in [1.29, 1.82) is 0 Å². The van der Waals surface area contributed by atoms with Crippen LogP contribution >= 0.6 is 11.8 Å². The number of aromatic nitrogens is 4. The molecule has 0 bridgehead atoms. The number of carbonyl (C=O) groups is 1. The molecule has 2 heterocycles. The summed E-state index contributed by atoms with van der Waals surface area (Å²) < 4.78 is 7.03. The van der Waals surface area contributed by atoms with Crippen molar-refractivity contribution < 1.29 is 9.53 Å². The molecule has 22 heavy (non-hydrogen) atoms. The summed E-state index contributed by atoms with van der Waals surface area (Å²) in [4.78, 5) is 24.4. The van der Waals surface area contributed by atoms with Gasteiger partial charge in [0.1, 0.15) is 11.4 Å². The van der Waals surface area contributed by atoms with Gasteiger partial charge in [0.2, 0.25) is 0 Å². The Bertz CT molecular complexity index is 603. The Balaban J connectivity index is 1.98. The van der Waals surface area contributed by atoms with Gasteiger partial charge in [0.15, 0.2) is 5.16 Å². The van der Waals surface area contributed by atoms with Gasteiger partial charge in [0, 0.05) is 31.7 Å². The molecule has 1 N–H and O–H groups in total. The van der Waals surface area contributed by atoms with E-state index >= 15 is 0 Å². The Labute approximate surface area is 133 Å². The number of ether oxygens (including phenoxy) is 1. The number of nitrogens with one attached hydrogen (secondary N) is 1. The van der Waals surface area contributed by atoms with Crippen molar-refractivity contribution in [3.63, 3.8) is 0 Å². The van der Waals surface area contributed by atoms with Crippen LogP contribution in [0.4, 0.5) is 5.82 Å². The number of anilines is 1. The smallest absolute Gasteiger partial charge is 0.343 e. The number of nitrogens with zero attached hydrogens (tertiary/aromatic N) is 4. The highest BCUT2D eigenvalue weighted by atomic mass is 32.2. The maximum atomic E-state index is 11.9. The Morgan fingerprint density at radius 3 is 3.05 bits per heavy atom. The van der Waals surface area contributed by atoms with E-state index in [9.17, 15) is 4.79 Å². The zero-order chi connectivity index (χ0) is 15.8. The molecular weight excluding hydrogens is 302 g/mol. The third-order valence-corrected chi connectivity index (χ3v) is 3.45. The van der Waals surface area contributed by atoms with Crippen LogP contribution in [0.3, 0.4) is 0 Å². The molecule has 0 saturated carbocycles. The van der Waals surface area contributed by atoms with Crippen LogP contribution in [0.15, 0.2) is 30.1 Å². The minimum Gasteiger partial charge on any atom is -0.462 e. The second kappa shape index (κ2) is 8.38. The van der Waals surface area contributed by atoms with E-state index in [1.54, 1.807) is 19.4 Å². The van der Waals surface area contributed by atoms with Crippen LogP contribution in [0.1, 0.15) is 23.7 Å². The molecule has 0 radical (unpaired) electrons. The van der Waals surface area contributed by atoms with Gasteiger partial charge in [-0.25, -0.2) is 19.7 Å². The van der Waals surface area contributed by atoms with Crippen molar-refractivity contribution in [2.24, 2.45) is 0 Å². The molecule has 118 valence electrons. The molecule has 7 nitrogen and oxygen atoms in total. The van der Waals surface area contributed by atoms with Crippen LogP contribution in [0.5, 0.6) is 0 Å². The Morgan fingerprint density at radius 1 is 1.50 bits per heavy atom. The van der Waals surface area contributed by atoms with Crippen molar-refractivity contribution in [3.05, 3.63) is 30.5 Å². The zero-order valence-corrected chi connectivity index (χ0v) is 13.5. The monoisotopic (exact) mass is 321 g/mol. The van der Waals surface area contributed by atoms with Gasteiger partial charge in [-0.2, -0.15) is 0 Å². The van der Waals surface area contributed by atoms with Crippen LogP contribution in [0, 0.1) is 0 Å². The second-order valence-electron chi connectivity index (χ2n) is 4.42. The minimum absolute atomic E-state index is 0.323. The number of hydrogen-bond donors (Lipinski definition) is 1. The normalized spacial score (nSPS) is 10.5. The van der Waals surface area contributed by atoms with E-state index in [4.69, 9.17) is 4.74 Å². The summed E-state index contributed by atoms with van der Waals surface area (Å²) in [5.74, 6) is 0.107. The van der Waals surface area contributed by atoms with Crippen molar-refractivity contribution in [1.82, 2.24) is 19.5 Å². The summed E-state index contributed by atoms with van der Waals surface area (Å²) in [6, 6.07) is 0. The van der Waals surface area contributed by atoms with Gasteiger partial charge < -0.3 is 14.6 Å². The standard InChI is InChI=1S/C14H19N5O2S/c1-3-21-13(20)11-9-17-14(22-2)18-12(11)16-5-4-7-19-8-6-15-10-19/h6,8-10H,3-5,7H2,1-2H3,(H,16,17,18). The average molecular weight is 321 g/mol. The zero-order valence-electron chi connectivity index (χ0n) is 12.7. The van der Waals surface area contributed by atoms with Crippen molar-refractivity contribution in [3.8, 4) is 0 Å². The summed E-state index contributed by atoms with van der Waals surface area (Å²) in [5.41, 5.74) is 0.363. The lowest BCUT2D eigenvalue weighted by molar-refractivity contribution is 0.0526. The number of esters is 1. The second-order valence-corrected chi connectivity index (χ2v) is 5.19. The summed E-state index contributed by atoms with van der Waals surface area (Å²) in [7, 11) is 0. The Hall–Kier alpha value is -2.09. The molecule has 0 unspecified atom stereocenters. The van der Waals surface area contributed by atoms with Gasteiger partial charge in [-0.15, -0.1) is 0 Å². The Morgan fingerprint density at radius 2 is 2.36 bits per heavy atom. The summed E-state index contributed by atoms with van der Waals surface area (Å²) in [5, 5.41) is 3.81. The van der Waals surface area contributed by atoms with Crippen LogP contribution in [0.25, 0.3) is 0 Å². The number of imidazole rings is 1. The first-order valence-corrected chi connectivity index (χ1v) is 8.24. The average Bonchev–Trinajstić information content (AvgIpc) is 3.05.